The Morgan fingerprint density at radius 3 is 2.21 bits per heavy atom. The molecule has 1 heterocycles. The fourth-order valence-electron chi connectivity index (χ4n) is 2.87. The molecule has 0 spiro atoms. The number of fused-ring (bicyclic) bond motifs is 1. The van der Waals surface area contributed by atoms with E-state index in [9.17, 15) is 4.79 Å². The second kappa shape index (κ2) is 10.5. The summed E-state index contributed by atoms with van der Waals surface area (Å²) in [5, 5.41) is 8.36. The quantitative estimate of drug-likeness (QED) is 0.203. The Hall–Kier alpha value is -3.01. The molecule has 4 nitrogen and oxygen atoms in total. The van der Waals surface area contributed by atoms with E-state index in [4.69, 9.17) is 10.1 Å². The van der Waals surface area contributed by atoms with Crippen LogP contribution in [0.3, 0.4) is 0 Å². The van der Waals surface area contributed by atoms with Gasteiger partial charge in [0.05, 0.1) is 22.6 Å². The summed E-state index contributed by atoms with van der Waals surface area (Å²) in [6.45, 7) is 2.85. The van der Waals surface area contributed by atoms with E-state index in [0.29, 0.717) is 0 Å². The summed E-state index contributed by atoms with van der Waals surface area (Å²) in [6.07, 6.45) is 1.17. The summed E-state index contributed by atoms with van der Waals surface area (Å²) < 4.78 is 2.18. The summed E-state index contributed by atoms with van der Waals surface area (Å²) in [5.41, 5.74) is 4.21. The third kappa shape index (κ3) is 5.73. The SMILES string of the molecule is CC(=O)/C=C(/C)O.[Ir].[c-]1ccccc1-c1nc2ccccc2n1-c1ccccc1. The molecule has 5 heteroatoms. The molecule has 4 rings (SSSR count). The Morgan fingerprint density at radius 1 is 0.966 bits per heavy atom. The molecule has 0 fully saturated rings. The van der Waals surface area contributed by atoms with Crippen molar-refractivity contribution in [2.24, 2.45) is 0 Å². The van der Waals surface area contributed by atoms with Gasteiger partial charge in [0.1, 0.15) is 0 Å². The maximum Gasteiger partial charge on any atom is 0.155 e. The first kappa shape index (κ1) is 22.3. The average molecular weight is 562 g/mol. The van der Waals surface area contributed by atoms with Gasteiger partial charge in [-0.05, 0) is 38.1 Å². The standard InChI is InChI=1S/C19H13N2.C5H8O2.Ir/c1-3-9-15(10-4-1)19-20-17-13-7-8-14-18(17)21(19)16-11-5-2-6-12-16;1-4(6)3-5(2)7;/h1-9,11-14H;3,6H,1-2H3;/q-1;;/b;4-3-;. The Balaban J connectivity index is 0.000000327. The van der Waals surface area contributed by atoms with E-state index in [1.165, 1.54) is 19.9 Å². The number of imidazole rings is 1. The monoisotopic (exact) mass is 562 g/mol. The number of aliphatic hydroxyl groups excluding tert-OH is 1. The third-order valence-corrected chi connectivity index (χ3v) is 3.94. The van der Waals surface area contributed by atoms with Crippen LogP contribution in [0.5, 0.6) is 0 Å². The number of aliphatic hydroxyl groups is 1. The summed E-state index contributed by atoms with van der Waals surface area (Å²) >= 11 is 0. The van der Waals surface area contributed by atoms with Crippen LogP contribution in [0.25, 0.3) is 28.1 Å². The maximum atomic E-state index is 10.0. The van der Waals surface area contributed by atoms with Crippen molar-refractivity contribution in [2.45, 2.75) is 13.8 Å². The normalized spacial score (nSPS) is 10.6. The number of ketones is 1. The van der Waals surface area contributed by atoms with Crippen molar-refractivity contribution in [1.29, 1.82) is 0 Å². The van der Waals surface area contributed by atoms with Crippen LogP contribution in [0.2, 0.25) is 0 Å². The second-order valence-corrected chi connectivity index (χ2v) is 6.27. The van der Waals surface area contributed by atoms with Gasteiger partial charge in [0.2, 0.25) is 0 Å². The van der Waals surface area contributed by atoms with Crippen LogP contribution in [0.4, 0.5) is 0 Å². The molecule has 0 saturated heterocycles. The Kier molecular flexibility index (Phi) is 8.08. The number of nitrogens with zero attached hydrogens (tertiary/aromatic N) is 2. The third-order valence-electron chi connectivity index (χ3n) is 3.94. The van der Waals surface area contributed by atoms with E-state index in [1.54, 1.807) is 0 Å². The molecule has 4 aromatic rings. The topological polar surface area (TPSA) is 55.1 Å². The minimum Gasteiger partial charge on any atom is -0.512 e. The first-order valence-corrected chi connectivity index (χ1v) is 8.94. The molecule has 149 valence electrons. The van der Waals surface area contributed by atoms with E-state index in [0.717, 1.165) is 28.1 Å². The molecule has 29 heavy (non-hydrogen) atoms. The van der Waals surface area contributed by atoms with E-state index >= 15 is 0 Å². The predicted molar refractivity (Wildman–Crippen MR) is 112 cm³/mol. The van der Waals surface area contributed by atoms with Gasteiger partial charge >= 0.3 is 0 Å². The zero-order chi connectivity index (χ0) is 19.9. The van der Waals surface area contributed by atoms with Gasteiger partial charge in [-0.25, -0.2) is 0 Å². The predicted octanol–water partition coefficient (Wildman–Crippen LogP) is 5.53. The Bertz CT molecular complexity index is 1100. The van der Waals surface area contributed by atoms with Gasteiger partial charge < -0.3 is 9.67 Å². The summed E-state index contributed by atoms with van der Waals surface area (Å²) in [6, 6.07) is 29.7. The van der Waals surface area contributed by atoms with Gasteiger partial charge in [0.15, 0.2) is 5.78 Å². The maximum absolute atomic E-state index is 10.0. The molecule has 0 atom stereocenters. The molecule has 1 radical (unpaired) electrons. The molecule has 0 bridgehead atoms. The molecule has 0 unspecified atom stereocenters. The largest absolute Gasteiger partial charge is 0.512 e. The summed E-state index contributed by atoms with van der Waals surface area (Å²) in [7, 11) is 0. The number of para-hydroxylation sites is 3. The first-order valence-electron chi connectivity index (χ1n) is 8.94. The van der Waals surface area contributed by atoms with Crippen molar-refractivity contribution >= 4 is 16.8 Å². The average Bonchev–Trinajstić information content (AvgIpc) is 3.08. The van der Waals surface area contributed by atoms with Crippen molar-refractivity contribution in [3.8, 4) is 17.1 Å². The molecule has 0 aliphatic rings. The minimum atomic E-state index is -0.125. The molecule has 0 amide bonds. The van der Waals surface area contributed by atoms with Crippen LogP contribution in [-0.4, -0.2) is 20.4 Å². The van der Waals surface area contributed by atoms with Crippen molar-refractivity contribution in [2.75, 3.05) is 0 Å². The number of hydrogen-bond donors (Lipinski definition) is 1. The fourth-order valence-corrected chi connectivity index (χ4v) is 2.87. The second-order valence-electron chi connectivity index (χ2n) is 6.27. The Labute approximate surface area is 183 Å². The van der Waals surface area contributed by atoms with E-state index in [2.05, 4.69) is 28.8 Å². The van der Waals surface area contributed by atoms with Crippen LogP contribution in [0.1, 0.15) is 13.8 Å². The zero-order valence-corrected chi connectivity index (χ0v) is 18.6. The molecular weight excluding hydrogens is 540 g/mol. The molecule has 3 aromatic carbocycles. The van der Waals surface area contributed by atoms with Crippen LogP contribution in [0.15, 0.2) is 90.7 Å². The number of aromatic nitrogens is 2. The molecule has 1 N–H and O–H groups in total. The van der Waals surface area contributed by atoms with Gasteiger partial charge in [-0.3, -0.25) is 9.78 Å². The van der Waals surface area contributed by atoms with Crippen LogP contribution in [0, 0.1) is 6.07 Å². The van der Waals surface area contributed by atoms with Crippen LogP contribution >= 0.6 is 0 Å². The van der Waals surface area contributed by atoms with Gasteiger partial charge in [-0.2, -0.15) is 0 Å². The van der Waals surface area contributed by atoms with Crippen LogP contribution in [-0.2, 0) is 24.9 Å². The van der Waals surface area contributed by atoms with Crippen molar-refractivity contribution in [1.82, 2.24) is 9.55 Å². The summed E-state index contributed by atoms with van der Waals surface area (Å²) in [5.74, 6) is 0.857. The molecule has 0 aliphatic carbocycles. The number of benzene rings is 3. The number of carbonyl (C=O) groups excluding carboxylic acids is 1. The number of allylic oxidation sites excluding steroid dienone is 2. The fraction of sp³-hybridized carbons (Fsp3) is 0.0833. The van der Waals surface area contributed by atoms with Crippen molar-refractivity contribution in [3.63, 3.8) is 0 Å². The van der Waals surface area contributed by atoms with E-state index in [-0.39, 0.29) is 31.6 Å². The minimum absolute atomic E-state index is 0. The zero-order valence-electron chi connectivity index (χ0n) is 16.2. The first-order chi connectivity index (χ1) is 13.6. The van der Waals surface area contributed by atoms with E-state index in [1.807, 2.05) is 60.7 Å². The van der Waals surface area contributed by atoms with Crippen molar-refractivity contribution in [3.05, 3.63) is 96.8 Å². The van der Waals surface area contributed by atoms with Gasteiger partial charge in [-0.1, -0.05) is 30.3 Å². The smallest absolute Gasteiger partial charge is 0.155 e. The van der Waals surface area contributed by atoms with Gasteiger partial charge in [-0.15, -0.1) is 35.9 Å². The molecule has 1 aromatic heterocycles. The molecular formula is C24H21IrN2O2-. The molecule has 0 aliphatic heterocycles. The number of hydrogen-bond acceptors (Lipinski definition) is 3. The van der Waals surface area contributed by atoms with E-state index < -0.39 is 0 Å². The summed E-state index contributed by atoms with van der Waals surface area (Å²) in [4.78, 5) is 14.8. The molecule has 0 saturated carbocycles. The van der Waals surface area contributed by atoms with Crippen molar-refractivity contribution < 1.29 is 30.0 Å². The van der Waals surface area contributed by atoms with Gasteiger partial charge in [0.25, 0.3) is 0 Å². The number of rotatable bonds is 3. The Morgan fingerprint density at radius 2 is 1.62 bits per heavy atom. The number of carbonyl (C=O) groups is 1. The van der Waals surface area contributed by atoms with Crippen LogP contribution < -0.4 is 0 Å². The van der Waals surface area contributed by atoms with Gasteiger partial charge in [0, 0.05) is 31.9 Å².